The van der Waals surface area contributed by atoms with Crippen LogP contribution in [0.3, 0.4) is 0 Å². The number of nitrogens with one attached hydrogen (secondary N) is 1. The number of hydrogen-bond donors (Lipinski definition) is 3. The molecule has 0 aromatic carbocycles. The molecule has 0 saturated heterocycles. The van der Waals surface area contributed by atoms with E-state index < -0.39 is 13.9 Å². The van der Waals surface area contributed by atoms with Crippen molar-refractivity contribution >= 4 is 24.5 Å². The van der Waals surface area contributed by atoms with Gasteiger partial charge in [-0.05, 0) is 0 Å². The zero-order valence-corrected chi connectivity index (χ0v) is 11.6. The molecule has 0 radical (unpaired) electrons. The number of aromatic amines is 1. The Hall–Kier alpha value is -2.00. The molecule has 10 nitrogen and oxygen atoms in total. The molecule has 3 rings (SSSR count). The molecule has 3 aromatic heterocycles. The van der Waals surface area contributed by atoms with Gasteiger partial charge in [-0.15, -0.1) is 0 Å². The number of imidazole rings is 2. The highest BCUT2D eigenvalue weighted by atomic mass is 31.2. The van der Waals surface area contributed by atoms with Crippen molar-refractivity contribution in [3.63, 3.8) is 0 Å². The number of fused-ring (bicyclic) bond motifs is 2. The molecule has 112 valence electrons. The Kier molecular flexibility index (Phi) is 3.38. The minimum absolute atomic E-state index is 0.0718. The molecule has 3 N–H and O–H groups in total. The van der Waals surface area contributed by atoms with Gasteiger partial charge in [-0.2, -0.15) is 4.98 Å². The number of H-pyrrole nitrogens is 1. The van der Waals surface area contributed by atoms with E-state index in [0.29, 0.717) is 11.4 Å². The van der Waals surface area contributed by atoms with E-state index in [2.05, 4.69) is 15.0 Å². The van der Waals surface area contributed by atoms with Crippen molar-refractivity contribution in [2.75, 3.05) is 13.0 Å². The number of hydrogen-bond acceptors (Lipinski definition) is 5. The molecule has 0 fully saturated rings. The smallest absolute Gasteiger partial charge is 0.350 e. The summed E-state index contributed by atoms with van der Waals surface area (Å²) in [7, 11) is -4.17. The third-order valence-electron chi connectivity index (χ3n) is 2.84. The van der Waals surface area contributed by atoms with E-state index in [1.54, 1.807) is 17.0 Å². The van der Waals surface area contributed by atoms with Gasteiger partial charge in [-0.25, -0.2) is 4.98 Å². The molecule has 0 spiro atoms. The highest BCUT2D eigenvalue weighted by Crippen LogP contribution is 2.33. The lowest BCUT2D eigenvalue weighted by Crippen LogP contribution is -2.14. The molecule has 21 heavy (non-hydrogen) atoms. The summed E-state index contributed by atoms with van der Waals surface area (Å²) in [6.45, 7) is 0.349. The lowest BCUT2D eigenvalue weighted by atomic mass is 10.5. The number of ether oxygens (including phenoxy) is 1. The molecule has 11 heteroatoms. The fourth-order valence-corrected chi connectivity index (χ4v) is 2.31. The summed E-state index contributed by atoms with van der Waals surface area (Å²) < 4.78 is 18.5. The average molecular weight is 313 g/mol. The Balaban J connectivity index is 1.85. The topological polar surface area (TPSA) is 135 Å². The molecule has 0 amide bonds. The van der Waals surface area contributed by atoms with Gasteiger partial charge in [0.15, 0.2) is 11.2 Å². The van der Waals surface area contributed by atoms with E-state index in [4.69, 9.17) is 14.5 Å². The van der Waals surface area contributed by atoms with Crippen LogP contribution in [0.15, 0.2) is 23.5 Å². The summed E-state index contributed by atoms with van der Waals surface area (Å²) in [6.07, 6.45) is 3.96. The molecule has 0 atom stereocenters. The third kappa shape index (κ3) is 2.74. The quantitative estimate of drug-likeness (QED) is 0.428. The Labute approximate surface area is 117 Å². The van der Waals surface area contributed by atoms with Crippen LogP contribution in [0.1, 0.15) is 0 Å². The summed E-state index contributed by atoms with van der Waals surface area (Å²) in [5, 5.41) is 0. The van der Waals surface area contributed by atoms with Gasteiger partial charge in [0.25, 0.3) is 5.56 Å². The molecule has 3 heterocycles. The largest absolute Gasteiger partial charge is 0.367 e. The van der Waals surface area contributed by atoms with Crippen molar-refractivity contribution in [3.8, 4) is 0 Å². The van der Waals surface area contributed by atoms with Gasteiger partial charge in [0.05, 0.1) is 12.9 Å². The van der Waals surface area contributed by atoms with Gasteiger partial charge in [0, 0.05) is 18.9 Å². The molecule has 0 aliphatic carbocycles. The van der Waals surface area contributed by atoms with Crippen LogP contribution in [0.5, 0.6) is 0 Å². The standard InChI is InChI=1S/C10H12N5O5P/c16-9-7-8(13-10-11-1-2-15(9)10)14(5-12-7)3-4-20-6-21(17,18)19/h1-2,5H,3-4,6H2,(H,11,13)(H2,17,18,19). The van der Waals surface area contributed by atoms with Crippen LogP contribution >= 0.6 is 7.60 Å². The van der Waals surface area contributed by atoms with Crippen molar-refractivity contribution in [1.29, 1.82) is 0 Å². The van der Waals surface area contributed by atoms with Crippen molar-refractivity contribution < 1.29 is 19.1 Å². The van der Waals surface area contributed by atoms with Gasteiger partial charge in [0.2, 0.25) is 5.78 Å². The fraction of sp³-hybridized carbons (Fsp3) is 0.300. The van der Waals surface area contributed by atoms with Crippen molar-refractivity contribution in [2.45, 2.75) is 6.54 Å². The second-order valence-corrected chi connectivity index (χ2v) is 5.97. The second kappa shape index (κ2) is 5.08. The first-order chi connectivity index (χ1) is 9.96. The predicted octanol–water partition coefficient (Wildman–Crippen LogP) is -0.476. The molecule has 0 saturated carbocycles. The van der Waals surface area contributed by atoms with Gasteiger partial charge in [-0.3, -0.25) is 13.8 Å². The molecule has 3 aromatic rings. The highest BCUT2D eigenvalue weighted by Gasteiger charge is 2.14. The van der Waals surface area contributed by atoms with Gasteiger partial charge < -0.3 is 24.1 Å². The summed E-state index contributed by atoms with van der Waals surface area (Å²) in [6, 6.07) is 0. The monoisotopic (exact) mass is 313 g/mol. The van der Waals surface area contributed by atoms with Gasteiger partial charge in [-0.1, -0.05) is 0 Å². The highest BCUT2D eigenvalue weighted by molar-refractivity contribution is 7.51. The molecular weight excluding hydrogens is 301 g/mol. The van der Waals surface area contributed by atoms with E-state index in [9.17, 15) is 9.36 Å². The van der Waals surface area contributed by atoms with Gasteiger partial charge in [0.1, 0.15) is 6.35 Å². The Morgan fingerprint density at radius 1 is 1.43 bits per heavy atom. The molecular formula is C10H12N5O5P. The normalized spacial score (nSPS) is 12.5. The van der Waals surface area contributed by atoms with E-state index in [-0.39, 0.29) is 24.2 Å². The SMILES string of the molecule is O=c1c2ncn(CCOCP(=O)(O)O)c2nc2[nH]ccn12. The van der Waals surface area contributed by atoms with Crippen LogP contribution < -0.4 is 5.56 Å². The molecule has 0 bridgehead atoms. The minimum atomic E-state index is -4.17. The number of aromatic nitrogens is 5. The minimum Gasteiger partial charge on any atom is -0.367 e. The molecule has 0 unspecified atom stereocenters. The van der Waals surface area contributed by atoms with E-state index in [0.717, 1.165) is 0 Å². The summed E-state index contributed by atoms with van der Waals surface area (Å²) in [4.78, 5) is 40.6. The van der Waals surface area contributed by atoms with Crippen molar-refractivity contribution in [3.05, 3.63) is 29.1 Å². The second-order valence-electron chi connectivity index (χ2n) is 4.38. The van der Waals surface area contributed by atoms with Crippen molar-refractivity contribution in [1.82, 2.24) is 23.9 Å². The van der Waals surface area contributed by atoms with E-state index >= 15 is 0 Å². The maximum Gasteiger partial charge on any atom is 0.350 e. The molecule has 0 aliphatic heterocycles. The maximum atomic E-state index is 12.1. The Bertz CT molecular complexity index is 890. The first kappa shape index (κ1) is 14.0. The van der Waals surface area contributed by atoms with Gasteiger partial charge >= 0.3 is 7.60 Å². The third-order valence-corrected chi connectivity index (χ3v) is 3.36. The van der Waals surface area contributed by atoms with Crippen LogP contribution in [-0.4, -0.2) is 46.7 Å². The number of nitrogens with zero attached hydrogens (tertiary/aromatic N) is 4. The van der Waals surface area contributed by atoms with Crippen LogP contribution in [0.2, 0.25) is 0 Å². The fourth-order valence-electron chi connectivity index (χ4n) is 1.94. The zero-order valence-electron chi connectivity index (χ0n) is 10.7. The lowest BCUT2D eigenvalue weighted by Gasteiger charge is -2.06. The van der Waals surface area contributed by atoms with Crippen LogP contribution in [0.25, 0.3) is 16.9 Å². The summed E-state index contributed by atoms with van der Waals surface area (Å²) in [5.74, 6) is 0.394. The number of rotatable bonds is 5. The van der Waals surface area contributed by atoms with E-state index in [1.807, 2.05) is 0 Å². The first-order valence-electron chi connectivity index (χ1n) is 5.98. The predicted molar refractivity (Wildman–Crippen MR) is 72.0 cm³/mol. The Morgan fingerprint density at radius 3 is 3.00 bits per heavy atom. The maximum absolute atomic E-state index is 12.1. The van der Waals surface area contributed by atoms with Crippen LogP contribution in [-0.2, 0) is 15.8 Å². The van der Waals surface area contributed by atoms with Crippen LogP contribution in [0.4, 0.5) is 0 Å². The summed E-state index contributed by atoms with van der Waals surface area (Å²) >= 11 is 0. The van der Waals surface area contributed by atoms with Crippen molar-refractivity contribution in [2.24, 2.45) is 0 Å². The van der Waals surface area contributed by atoms with E-state index in [1.165, 1.54) is 10.7 Å². The zero-order chi connectivity index (χ0) is 15.0. The summed E-state index contributed by atoms with van der Waals surface area (Å²) in [5.41, 5.74) is 0.329. The Morgan fingerprint density at radius 2 is 2.24 bits per heavy atom. The van der Waals surface area contributed by atoms with Crippen LogP contribution in [0, 0.1) is 0 Å². The first-order valence-corrected chi connectivity index (χ1v) is 7.78. The molecule has 0 aliphatic rings. The average Bonchev–Trinajstić information content (AvgIpc) is 3.01. The lowest BCUT2D eigenvalue weighted by molar-refractivity contribution is 0.149.